The number of carbonyl (C=O) groups is 2. The lowest BCUT2D eigenvalue weighted by Crippen LogP contribution is -2.34. The molecule has 3 heterocycles. The highest BCUT2D eigenvalue weighted by molar-refractivity contribution is 7.07. The SMILES string of the molecule is COCCn1cnc2cc(C(=O)NC(C)Cc3ccsc3)cc(NC(=O)c3cccnc3)c21. The summed E-state index contributed by atoms with van der Waals surface area (Å²) < 4.78 is 7.10. The van der Waals surface area contributed by atoms with Gasteiger partial charge in [0.2, 0.25) is 0 Å². The Morgan fingerprint density at radius 2 is 2.09 bits per heavy atom. The summed E-state index contributed by atoms with van der Waals surface area (Å²) in [6.07, 6.45) is 5.53. The van der Waals surface area contributed by atoms with Crippen molar-refractivity contribution in [2.75, 3.05) is 19.0 Å². The summed E-state index contributed by atoms with van der Waals surface area (Å²) in [6.45, 7) is 3.02. The molecule has 0 aliphatic carbocycles. The summed E-state index contributed by atoms with van der Waals surface area (Å²) in [5, 5.41) is 10.1. The Kier molecular flexibility index (Phi) is 7.11. The van der Waals surface area contributed by atoms with Gasteiger partial charge in [0.05, 0.1) is 35.2 Å². The molecular weight excluding hydrogens is 438 g/mol. The normalized spacial score (nSPS) is 11.9. The molecule has 3 aromatic heterocycles. The van der Waals surface area contributed by atoms with Crippen LogP contribution in [0, 0.1) is 0 Å². The topological polar surface area (TPSA) is 98.1 Å². The fourth-order valence-electron chi connectivity index (χ4n) is 3.61. The third-order valence-electron chi connectivity index (χ3n) is 5.18. The van der Waals surface area contributed by atoms with E-state index in [1.807, 2.05) is 16.9 Å². The number of anilines is 1. The van der Waals surface area contributed by atoms with Crippen LogP contribution in [0.1, 0.15) is 33.2 Å². The maximum Gasteiger partial charge on any atom is 0.257 e. The predicted molar refractivity (Wildman–Crippen MR) is 129 cm³/mol. The van der Waals surface area contributed by atoms with E-state index in [-0.39, 0.29) is 17.9 Å². The number of methoxy groups -OCH3 is 1. The van der Waals surface area contributed by atoms with Crippen molar-refractivity contribution in [1.82, 2.24) is 19.9 Å². The first-order chi connectivity index (χ1) is 16.0. The van der Waals surface area contributed by atoms with Crippen molar-refractivity contribution in [3.8, 4) is 0 Å². The van der Waals surface area contributed by atoms with E-state index in [0.29, 0.717) is 35.5 Å². The second kappa shape index (κ2) is 10.4. The molecule has 0 saturated carbocycles. The number of carbonyl (C=O) groups excluding carboxylic acids is 2. The van der Waals surface area contributed by atoms with Gasteiger partial charge in [-0.1, -0.05) is 0 Å². The molecular formula is C24H25N5O3S. The average molecular weight is 464 g/mol. The molecule has 1 atom stereocenters. The molecule has 9 heteroatoms. The van der Waals surface area contributed by atoms with Crippen LogP contribution < -0.4 is 10.6 Å². The second-order valence-electron chi connectivity index (χ2n) is 7.73. The van der Waals surface area contributed by atoms with Gasteiger partial charge in [0.1, 0.15) is 0 Å². The van der Waals surface area contributed by atoms with Gasteiger partial charge < -0.3 is 19.9 Å². The molecule has 0 bridgehead atoms. The van der Waals surface area contributed by atoms with E-state index in [9.17, 15) is 9.59 Å². The minimum Gasteiger partial charge on any atom is -0.383 e. The van der Waals surface area contributed by atoms with Gasteiger partial charge in [-0.2, -0.15) is 11.3 Å². The zero-order valence-corrected chi connectivity index (χ0v) is 19.3. The lowest BCUT2D eigenvalue weighted by molar-refractivity contribution is 0.0939. The van der Waals surface area contributed by atoms with Crippen molar-refractivity contribution < 1.29 is 14.3 Å². The Hall–Kier alpha value is -3.56. The van der Waals surface area contributed by atoms with E-state index in [1.54, 1.807) is 55.2 Å². The van der Waals surface area contributed by atoms with Gasteiger partial charge in [-0.25, -0.2) is 4.98 Å². The summed E-state index contributed by atoms with van der Waals surface area (Å²) in [7, 11) is 1.63. The summed E-state index contributed by atoms with van der Waals surface area (Å²) >= 11 is 1.63. The lowest BCUT2D eigenvalue weighted by Gasteiger charge is -2.15. The van der Waals surface area contributed by atoms with Crippen molar-refractivity contribution in [2.45, 2.75) is 25.9 Å². The average Bonchev–Trinajstić information content (AvgIpc) is 3.48. The molecule has 0 radical (unpaired) electrons. The number of nitrogens with zero attached hydrogens (tertiary/aromatic N) is 3. The Balaban J connectivity index is 1.63. The minimum atomic E-state index is -0.313. The first kappa shape index (κ1) is 22.6. The molecule has 0 saturated heterocycles. The fraction of sp³-hybridized carbons (Fsp3) is 0.250. The van der Waals surface area contributed by atoms with E-state index >= 15 is 0 Å². The highest BCUT2D eigenvalue weighted by atomic mass is 32.1. The standard InChI is InChI=1S/C24H25N5O3S/c1-16(10-17-5-9-33-14-17)27-24(31)19-11-20-22(29(15-26-20)7-8-32-2)21(12-19)28-23(30)18-4-3-6-25-13-18/h3-6,9,11-16H,7-8,10H2,1-2H3,(H,27,31)(H,28,30). The van der Waals surface area contributed by atoms with Gasteiger partial charge in [0, 0.05) is 37.7 Å². The Bertz CT molecular complexity index is 1240. The van der Waals surface area contributed by atoms with E-state index in [2.05, 4.69) is 32.0 Å². The molecule has 1 aromatic carbocycles. The van der Waals surface area contributed by atoms with Crippen LogP contribution in [-0.4, -0.2) is 46.1 Å². The quantitative estimate of drug-likeness (QED) is 0.394. The van der Waals surface area contributed by atoms with Gasteiger partial charge >= 0.3 is 0 Å². The molecule has 8 nitrogen and oxygen atoms in total. The number of pyridine rings is 1. The summed E-state index contributed by atoms with van der Waals surface area (Å²) in [5.41, 5.74) is 3.89. The zero-order valence-electron chi connectivity index (χ0n) is 18.4. The number of thiophene rings is 1. The summed E-state index contributed by atoms with van der Waals surface area (Å²) in [6, 6.07) is 8.82. The van der Waals surface area contributed by atoms with Gasteiger partial charge in [-0.15, -0.1) is 0 Å². The third kappa shape index (κ3) is 5.44. The van der Waals surface area contributed by atoms with Gasteiger partial charge in [-0.05, 0) is 60.0 Å². The van der Waals surface area contributed by atoms with Crippen LogP contribution in [0.25, 0.3) is 11.0 Å². The van der Waals surface area contributed by atoms with Crippen molar-refractivity contribution in [3.63, 3.8) is 0 Å². The number of hydrogen-bond donors (Lipinski definition) is 2. The van der Waals surface area contributed by atoms with Crippen LogP contribution in [0.15, 0.2) is 59.8 Å². The van der Waals surface area contributed by atoms with Crippen molar-refractivity contribution in [2.24, 2.45) is 0 Å². The van der Waals surface area contributed by atoms with Gasteiger partial charge in [0.15, 0.2) is 0 Å². The molecule has 0 aliphatic rings. The number of benzene rings is 1. The first-order valence-electron chi connectivity index (χ1n) is 10.6. The minimum absolute atomic E-state index is 0.0458. The molecule has 0 aliphatic heterocycles. The molecule has 1 unspecified atom stereocenters. The number of fused-ring (bicyclic) bond motifs is 1. The number of nitrogens with one attached hydrogen (secondary N) is 2. The molecule has 4 rings (SSSR count). The van der Waals surface area contributed by atoms with Crippen molar-refractivity contribution in [3.05, 3.63) is 76.5 Å². The van der Waals surface area contributed by atoms with Gasteiger partial charge in [0.25, 0.3) is 11.8 Å². The van der Waals surface area contributed by atoms with E-state index < -0.39 is 0 Å². The number of imidazole rings is 1. The number of hydrogen-bond acceptors (Lipinski definition) is 6. The molecule has 2 N–H and O–H groups in total. The van der Waals surface area contributed by atoms with Crippen LogP contribution in [0.3, 0.4) is 0 Å². The van der Waals surface area contributed by atoms with Crippen LogP contribution in [-0.2, 0) is 17.7 Å². The molecule has 4 aromatic rings. The van der Waals surface area contributed by atoms with Crippen molar-refractivity contribution in [1.29, 1.82) is 0 Å². The van der Waals surface area contributed by atoms with Crippen LogP contribution in [0.5, 0.6) is 0 Å². The maximum atomic E-state index is 13.0. The van der Waals surface area contributed by atoms with E-state index in [4.69, 9.17) is 4.74 Å². The zero-order chi connectivity index (χ0) is 23.2. The lowest BCUT2D eigenvalue weighted by atomic mass is 10.1. The molecule has 2 amide bonds. The third-order valence-corrected chi connectivity index (χ3v) is 5.92. The van der Waals surface area contributed by atoms with Crippen LogP contribution in [0.4, 0.5) is 5.69 Å². The first-order valence-corrected chi connectivity index (χ1v) is 11.5. The monoisotopic (exact) mass is 463 g/mol. The highest BCUT2D eigenvalue weighted by Crippen LogP contribution is 2.26. The molecule has 0 fully saturated rings. The Morgan fingerprint density at radius 3 is 2.82 bits per heavy atom. The van der Waals surface area contributed by atoms with Crippen molar-refractivity contribution >= 4 is 39.9 Å². The Labute approximate surface area is 195 Å². The molecule has 170 valence electrons. The number of amides is 2. The number of rotatable bonds is 9. The summed E-state index contributed by atoms with van der Waals surface area (Å²) in [4.78, 5) is 34.3. The molecule has 0 spiro atoms. The Morgan fingerprint density at radius 1 is 1.21 bits per heavy atom. The van der Waals surface area contributed by atoms with E-state index in [1.165, 1.54) is 11.8 Å². The fourth-order valence-corrected chi connectivity index (χ4v) is 4.29. The maximum absolute atomic E-state index is 13.0. The number of ether oxygens (including phenoxy) is 1. The van der Waals surface area contributed by atoms with Crippen LogP contribution >= 0.6 is 11.3 Å². The molecule has 33 heavy (non-hydrogen) atoms. The smallest absolute Gasteiger partial charge is 0.257 e. The van der Waals surface area contributed by atoms with E-state index in [0.717, 1.165) is 11.9 Å². The van der Waals surface area contributed by atoms with Gasteiger partial charge in [-0.3, -0.25) is 14.6 Å². The summed E-state index contributed by atoms with van der Waals surface area (Å²) in [5.74, 6) is -0.532. The van der Waals surface area contributed by atoms with Crippen LogP contribution in [0.2, 0.25) is 0 Å². The number of aromatic nitrogens is 3. The largest absolute Gasteiger partial charge is 0.383 e. The predicted octanol–water partition coefficient (Wildman–Crippen LogP) is 3.75. The second-order valence-corrected chi connectivity index (χ2v) is 8.51. The highest BCUT2D eigenvalue weighted by Gasteiger charge is 2.18.